The summed E-state index contributed by atoms with van der Waals surface area (Å²) in [6, 6.07) is 12.7. The highest BCUT2D eigenvalue weighted by atomic mass is 35.5. The number of hydrogen-bond donors (Lipinski definition) is 1. The zero-order valence-electron chi connectivity index (χ0n) is 12.5. The summed E-state index contributed by atoms with van der Waals surface area (Å²) in [6.07, 6.45) is 0.464. The number of rotatable bonds is 5. The van der Waals surface area contributed by atoms with Gasteiger partial charge >= 0.3 is 0 Å². The Balaban J connectivity index is 1.58. The normalized spacial score (nSPS) is 10.6. The van der Waals surface area contributed by atoms with Crippen LogP contribution in [-0.4, -0.2) is 16.1 Å². The summed E-state index contributed by atoms with van der Waals surface area (Å²) in [5.74, 6) is 0.0822. The van der Waals surface area contributed by atoms with Crippen LogP contribution >= 0.6 is 11.6 Å². The number of amides is 1. The number of nitrogens with zero attached hydrogens (tertiary/aromatic N) is 2. The number of aryl methyl sites for hydroxylation is 1. The molecule has 0 bridgehead atoms. The number of carbonyl (C=O) groups excluding carboxylic acids is 1. The summed E-state index contributed by atoms with van der Waals surface area (Å²) in [6.45, 7) is 0. The van der Waals surface area contributed by atoms with Crippen LogP contribution in [0.3, 0.4) is 0 Å². The van der Waals surface area contributed by atoms with Crippen molar-refractivity contribution in [3.63, 3.8) is 0 Å². The van der Waals surface area contributed by atoms with Crippen molar-refractivity contribution in [1.29, 1.82) is 0 Å². The number of halogens is 2. The minimum absolute atomic E-state index is 0.168. The highest BCUT2D eigenvalue weighted by Crippen LogP contribution is 2.26. The largest absolute Gasteiger partial charge is 0.421 e. The van der Waals surface area contributed by atoms with Gasteiger partial charge < -0.3 is 9.73 Å². The average molecular weight is 346 g/mol. The molecule has 1 aromatic heterocycles. The molecule has 2 aromatic carbocycles. The van der Waals surface area contributed by atoms with Crippen molar-refractivity contribution < 1.29 is 13.6 Å². The first-order valence-electron chi connectivity index (χ1n) is 7.24. The van der Waals surface area contributed by atoms with Crippen molar-refractivity contribution >= 4 is 23.2 Å². The minimum atomic E-state index is -0.356. The average Bonchev–Trinajstić information content (AvgIpc) is 3.04. The monoisotopic (exact) mass is 345 g/mol. The van der Waals surface area contributed by atoms with E-state index in [2.05, 4.69) is 15.5 Å². The third-order valence-electron chi connectivity index (χ3n) is 3.27. The van der Waals surface area contributed by atoms with Gasteiger partial charge in [0.1, 0.15) is 5.82 Å². The van der Waals surface area contributed by atoms with Crippen LogP contribution in [0, 0.1) is 5.82 Å². The Morgan fingerprint density at radius 3 is 2.62 bits per heavy atom. The maximum absolute atomic E-state index is 12.8. The Morgan fingerprint density at radius 1 is 1.12 bits per heavy atom. The van der Waals surface area contributed by atoms with E-state index in [9.17, 15) is 9.18 Å². The lowest BCUT2D eigenvalue weighted by atomic mass is 10.2. The van der Waals surface area contributed by atoms with Crippen molar-refractivity contribution in [2.75, 3.05) is 5.32 Å². The van der Waals surface area contributed by atoms with Crippen LogP contribution in [0.1, 0.15) is 12.3 Å². The summed E-state index contributed by atoms with van der Waals surface area (Å²) < 4.78 is 18.3. The molecule has 3 rings (SSSR count). The van der Waals surface area contributed by atoms with Gasteiger partial charge in [0, 0.05) is 18.5 Å². The van der Waals surface area contributed by atoms with Crippen molar-refractivity contribution in [3.05, 3.63) is 65.3 Å². The van der Waals surface area contributed by atoms with Gasteiger partial charge in [-0.15, -0.1) is 10.2 Å². The Hall–Kier alpha value is -2.73. The molecule has 0 fully saturated rings. The molecule has 24 heavy (non-hydrogen) atoms. The molecule has 0 atom stereocenters. The summed E-state index contributed by atoms with van der Waals surface area (Å²) in [5, 5.41) is 11.0. The lowest BCUT2D eigenvalue weighted by Crippen LogP contribution is -2.12. The molecule has 1 heterocycles. The summed E-state index contributed by atoms with van der Waals surface area (Å²) in [7, 11) is 0. The van der Waals surface area contributed by atoms with E-state index in [0.29, 0.717) is 34.5 Å². The number of aromatic nitrogens is 2. The molecular weight excluding hydrogens is 333 g/mol. The van der Waals surface area contributed by atoms with E-state index in [1.165, 1.54) is 24.3 Å². The Kier molecular flexibility index (Phi) is 4.86. The second-order valence-electron chi connectivity index (χ2n) is 5.04. The maximum Gasteiger partial charge on any atom is 0.249 e. The van der Waals surface area contributed by atoms with Crippen LogP contribution in [0.4, 0.5) is 10.1 Å². The second-order valence-corrected chi connectivity index (χ2v) is 5.44. The van der Waals surface area contributed by atoms with Gasteiger partial charge in [0.25, 0.3) is 0 Å². The highest BCUT2D eigenvalue weighted by molar-refractivity contribution is 6.33. The van der Waals surface area contributed by atoms with Crippen molar-refractivity contribution in [2.24, 2.45) is 0 Å². The fourth-order valence-electron chi connectivity index (χ4n) is 2.08. The molecule has 0 aliphatic heterocycles. The van der Waals surface area contributed by atoms with Crippen LogP contribution in [0.5, 0.6) is 0 Å². The Morgan fingerprint density at radius 2 is 1.88 bits per heavy atom. The minimum Gasteiger partial charge on any atom is -0.421 e. The van der Waals surface area contributed by atoms with Gasteiger partial charge in [-0.2, -0.15) is 0 Å². The number of hydrogen-bond acceptors (Lipinski definition) is 4. The lowest BCUT2D eigenvalue weighted by Gasteiger charge is -2.03. The van der Waals surface area contributed by atoms with Crippen LogP contribution in [0.15, 0.2) is 52.9 Å². The third kappa shape index (κ3) is 3.97. The fourth-order valence-corrected chi connectivity index (χ4v) is 2.29. The highest BCUT2D eigenvalue weighted by Gasteiger charge is 2.12. The van der Waals surface area contributed by atoms with Crippen molar-refractivity contribution in [2.45, 2.75) is 12.8 Å². The molecule has 0 radical (unpaired) electrons. The molecule has 1 N–H and O–H groups in total. The van der Waals surface area contributed by atoms with E-state index in [1.54, 1.807) is 12.1 Å². The zero-order chi connectivity index (χ0) is 16.9. The van der Waals surface area contributed by atoms with Gasteiger partial charge in [0.05, 0.1) is 10.6 Å². The van der Waals surface area contributed by atoms with E-state index in [4.69, 9.17) is 16.0 Å². The third-order valence-corrected chi connectivity index (χ3v) is 3.59. The first-order valence-corrected chi connectivity index (χ1v) is 7.62. The van der Waals surface area contributed by atoms with Gasteiger partial charge in [0.15, 0.2) is 0 Å². The standard InChI is InChI=1S/C17H13ClFN3O2/c18-14-4-2-1-3-13(14)17-22-21-16(24-17)10-9-15(23)20-12-7-5-11(19)6-8-12/h1-8H,9-10H2,(H,20,23). The first kappa shape index (κ1) is 16.1. The molecule has 5 nitrogen and oxygen atoms in total. The number of nitrogens with one attached hydrogen (secondary N) is 1. The summed E-state index contributed by atoms with van der Waals surface area (Å²) in [4.78, 5) is 11.9. The van der Waals surface area contributed by atoms with Crippen LogP contribution in [-0.2, 0) is 11.2 Å². The molecule has 0 spiro atoms. The SMILES string of the molecule is O=C(CCc1nnc(-c2ccccc2Cl)o1)Nc1ccc(F)cc1. The molecular formula is C17H13ClFN3O2. The topological polar surface area (TPSA) is 68.0 Å². The van der Waals surface area contributed by atoms with Crippen LogP contribution < -0.4 is 5.32 Å². The van der Waals surface area contributed by atoms with Crippen LogP contribution in [0.25, 0.3) is 11.5 Å². The Labute approximate surface area is 142 Å². The van der Waals surface area contributed by atoms with Crippen molar-refractivity contribution in [3.8, 4) is 11.5 Å². The zero-order valence-corrected chi connectivity index (χ0v) is 13.3. The summed E-state index contributed by atoms with van der Waals surface area (Å²) in [5.41, 5.74) is 1.18. The predicted molar refractivity (Wildman–Crippen MR) is 88.1 cm³/mol. The van der Waals surface area contributed by atoms with Crippen LogP contribution in [0.2, 0.25) is 5.02 Å². The molecule has 0 saturated heterocycles. The van der Waals surface area contributed by atoms with Gasteiger partial charge in [-0.25, -0.2) is 4.39 Å². The molecule has 1 amide bonds. The van der Waals surface area contributed by atoms with E-state index in [1.807, 2.05) is 12.1 Å². The fraction of sp³-hybridized carbons (Fsp3) is 0.118. The lowest BCUT2D eigenvalue weighted by molar-refractivity contribution is -0.116. The molecule has 7 heteroatoms. The quantitative estimate of drug-likeness (QED) is 0.756. The van der Waals surface area contributed by atoms with E-state index < -0.39 is 0 Å². The molecule has 0 unspecified atom stereocenters. The maximum atomic E-state index is 12.8. The molecule has 0 saturated carbocycles. The van der Waals surface area contributed by atoms with Gasteiger partial charge in [-0.1, -0.05) is 23.7 Å². The number of anilines is 1. The van der Waals surface area contributed by atoms with Crippen molar-refractivity contribution in [1.82, 2.24) is 10.2 Å². The number of benzene rings is 2. The number of carbonyl (C=O) groups is 1. The molecule has 0 aliphatic carbocycles. The molecule has 3 aromatic rings. The first-order chi connectivity index (χ1) is 11.6. The van der Waals surface area contributed by atoms with Gasteiger partial charge in [-0.3, -0.25) is 4.79 Å². The van der Waals surface area contributed by atoms with E-state index >= 15 is 0 Å². The molecule has 0 aliphatic rings. The predicted octanol–water partition coefficient (Wildman–Crippen LogP) is 4.10. The Bertz CT molecular complexity index is 849. The second kappa shape index (κ2) is 7.23. The summed E-state index contributed by atoms with van der Waals surface area (Å²) >= 11 is 6.08. The van der Waals surface area contributed by atoms with Gasteiger partial charge in [0.2, 0.25) is 17.7 Å². The van der Waals surface area contributed by atoms with E-state index in [-0.39, 0.29) is 18.1 Å². The molecule has 122 valence electrons. The van der Waals surface area contributed by atoms with E-state index in [0.717, 1.165) is 0 Å². The smallest absolute Gasteiger partial charge is 0.249 e. The van der Waals surface area contributed by atoms with Gasteiger partial charge in [-0.05, 0) is 36.4 Å².